The number of carbonyl (C=O) groups is 1. The second kappa shape index (κ2) is 9.48. The van der Waals surface area contributed by atoms with Crippen molar-refractivity contribution < 1.29 is 13.9 Å². The molecule has 2 aromatic carbocycles. The largest absolute Gasteiger partial charge is 0.497 e. The highest BCUT2D eigenvalue weighted by molar-refractivity contribution is 7.16. The number of halogens is 1. The molecule has 0 spiro atoms. The Hall–Kier alpha value is -2.99. The van der Waals surface area contributed by atoms with Gasteiger partial charge >= 0.3 is 0 Å². The van der Waals surface area contributed by atoms with Gasteiger partial charge < -0.3 is 10.1 Å². The molecule has 33 heavy (non-hydrogen) atoms. The minimum atomic E-state index is -0.286. The van der Waals surface area contributed by atoms with Crippen LogP contribution >= 0.6 is 11.3 Å². The van der Waals surface area contributed by atoms with Crippen molar-refractivity contribution in [3.05, 3.63) is 75.9 Å². The van der Waals surface area contributed by atoms with Crippen molar-refractivity contribution in [2.45, 2.75) is 40.0 Å². The second-order valence-electron chi connectivity index (χ2n) is 9.48. The van der Waals surface area contributed by atoms with Crippen molar-refractivity contribution in [2.24, 2.45) is 16.3 Å². The van der Waals surface area contributed by atoms with Crippen LogP contribution in [0.25, 0.3) is 0 Å². The summed E-state index contributed by atoms with van der Waals surface area (Å²) in [5.74, 6) is 0.860. The molecule has 0 radical (unpaired) electrons. The Morgan fingerprint density at radius 1 is 1.15 bits per heavy atom. The van der Waals surface area contributed by atoms with Crippen LogP contribution in [0.2, 0.25) is 0 Å². The molecule has 1 aliphatic rings. The van der Waals surface area contributed by atoms with Crippen LogP contribution in [0, 0.1) is 17.2 Å². The highest BCUT2D eigenvalue weighted by Crippen LogP contribution is 2.45. The molecule has 6 heteroatoms. The highest BCUT2D eigenvalue weighted by atomic mass is 32.1. The van der Waals surface area contributed by atoms with Gasteiger partial charge in [-0.1, -0.05) is 32.9 Å². The molecule has 1 aromatic heterocycles. The first-order valence-electron chi connectivity index (χ1n) is 11.1. The van der Waals surface area contributed by atoms with Gasteiger partial charge in [0, 0.05) is 16.8 Å². The Labute approximate surface area is 198 Å². The van der Waals surface area contributed by atoms with E-state index < -0.39 is 0 Å². The molecular weight excluding hydrogens is 435 g/mol. The zero-order chi connectivity index (χ0) is 23.6. The van der Waals surface area contributed by atoms with Crippen molar-refractivity contribution in [1.29, 1.82) is 0 Å². The number of aliphatic imine (C=N–C) groups is 1. The van der Waals surface area contributed by atoms with Gasteiger partial charge in [0.2, 0.25) is 0 Å². The number of carbonyl (C=O) groups excluding carboxylic acids is 1. The standard InChI is InChI=1S/C27H29FN2O2S/c1-27(2,3)18-7-14-22-23(15-18)33-26(29-16-17-5-8-19(28)9-6-17)24(22)25(31)30-20-10-12-21(32-4)13-11-20/h5-6,8-13,16,18H,7,14-15H2,1-4H3,(H,30,31)/b29-16+. The van der Waals surface area contributed by atoms with E-state index in [9.17, 15) is 9.18 Å². The Kier molecular flexibility index (Phi) is 6.66. The normalized spacial score (nSPS) is 16.0. The number of thiophene rings is 1. The lowest BCUT2D eigenvalue weighted by Gasteiger charge is -2.33. The molecule has 1 aliphatic carbocycles. The second-order valence-corrected chi connectivity index (χ2v) is 10.6. The lowest BCUT2D eigenvalue weighted by Crippen LogP contribution is -2.27. The van der Waals surface area contributed by atoms with Crippen LogP contribution in [0.4, 0.5) is 15.1 Å². The van der Waals surface area contributed by atoms with Crippen LogP contribution < -0.4 is 10.1 Å². The van der Waals surface area contributed by atoms with Gasteiger partial charge in [0.05, 0.1) is 12.7 Å². The number of nitrogens with one attached hydrogen (secondary N) is 1. The third kappa shape index (κ3) is 5.33. The van der Waals surface area contributed by atoms with E-state index in [4.69, 9.17) is 4.74 Å². The predicted molar refractivity (Wildman–Crippen MR) is 134 cm³/mol. The first kappa shape index (κ1) is 23.2. The van der Waals surface area contributed by atoms with Crippen molar-refractivity contribution in [3.63, 3.8) is 0 Å². The number of methoxy groups -OCH3 is 1. The van der Waals surface area contributed by atoms with Crippen LogP contribution in [-0.4, -0.2) is 19.2 Å². The number of ether oxygens (including phenoxy) is 1. The number of amides is 1. The van der Waals surface area contributed by atoms with E-state index in [0.29, 0.717) is 22.2 Å². The Morgan fingerprint density at radius 3 is 2.48 bits per heavy atom. The minimum Gasteiger partial charge on any atom is -0.497 e. The van der Waals surface area contributed by atoms with Gasteiger partial charge in [-0.05, 0) is 78.1 Å². The molecule has 0 fully saturated rings. The molecule has 0 bridgehead atoms. The monoisotopic (exact) mass is 464 g/mol. The van der Waals surface area contributed by atoms with Gasteiger partial charge in [0.15, 0.2) is 0 Å². The zero-order valence-corrected chi connectivity index (χ0v) is 20.3. The number of hydrogen-bond acceptors (Lipinski definition) is 4. The summed E-state index contributed by atoms with van der Waals surface area (Å²) >= 11 is 1.60. The SMILES string of the molecule is COc1ccc(NC(=O)c2c(/N=C/c3ccc(F)cc3)sc3c2CCC(C(C)(C)C)C3)cc1. The average Bonchev–Trinajstić information content (AvgIpc) is 3.16. The summed E-state index contributed by atoms with van der Waals surface area (Å²) in [5.41, 5.74) is 3.47. The molecule has 1 N–H and O–H groups in total. The van der Waals surface area contributed by atoms with Gasteiger partial charge in [-0.2, -0.15) is 0 Å². The van der Waals surface area contributed by atoms with Crippen LogP contribution in [0.15, 0.2) is 53.5 Å². The fraction of sp³-hybridized carbons (Fsp3) is 0.333. The Balaban J connectivity index is 1.67. The van der Waals surface area contributed by atoms with E-state index >= 15 is 0 Å². The van der Waals surface area contributed by atoms with E-state index in [1.807, 2.05) is 24.3 Å². The first-order valence-corrected chi connectivity index (χ1v) is 12.0. The van der Waals surface area contributed by atoms with E-state index in [2.05, 4.69) is 31.1 Å². The summed E-state index contributed by atoms with van der Waals surface area (Å²) in [6.07, 6.45) is 4.57. The summed E-state index contributed by atoms with van der Waals surface area (Å²) in [6.45, 7) is 6.84. The Bertz CT molecular complexity index is 1160. The topological polar surface area (TPSA) is 50.7 Å². The fourth-order valence-electron chi connectivity index (χ4n) is 4.19. The van der Waals surface area contributed by atoms with Gasteiger partial charge in [-0.25, -0.2) is 9.38 Å². The van der Waals surface area contributed by atoms with E-state index in [-0.39, 0.29) is 17.1 Å². The van der Waals surface area contributed by atoms with Gasteiger partial charge in [0.25, 0.3) is 5.91 Å². The lowest BCUT2D eigenvalue weighted by atomic mass is 9.72. The highest BCUT2D eigenvalue weighted by Gasteiger charge is 2.33. The molecule has 4 nitrogen and oxygen atoms in total. The predicted octanol–water partition coefficient (Wildman–Crippen LogP) is 7.05. The molecule has 1 heterocycles. The molecule has 1 unspecified atom stereocenters. The Morgan fingerprint density at radius 2 is 1.85 bits per heavy atom. The van der Waals surface area contributed by atoms with Crippen molar-refractivity contribution in [3.8, 4) is 5.75 Å². The number of hydrogen-bond donors (Lipinski definition) is 1. The number of fused-ring (bicyclic) bond motifs is 1. The van der Waals surface area contributed by atoms with Crippen LogP contribution in [-0.2, 0) is 12.8 Å². The maximum absolute atomic E-state index is 13.4. The zero-order valence-electron chi connectivity index (χ0n) is 19.4. The van der Waals surface area contributed by atoms with Gasteiger partial charge in [-0.3, -0.25) is 4.79 Å². The fourth-order valence-corrected chi connectivity index (χ4v) is 5.45. The molecule has 3 aromatic rings. The van der Waals surface area contributed by atoms with Crippen molar-refractivity contribution >= 4 is 34.1 Å². The summed E-state index contributed by atoms with van der Waals surface area (Å²) in [4.78, 5) is 19.3. The maximum Gasteiger partial charge on any atom is 0.259 e. The molecule has 4 rings (SSSR count). The van der Waals surface area contributed by atoms with Crippen molar-refractivity contribution in [2.75, 3.05) is 12.4 Å². The molecule has 1 atom stereocenters. The molecule has 0 aliphatic heterocycles. The quantitative estimate of drug-likeness (QED) is 0.411. The van der Waals surface area contributed by atoms with E-state index in [1.165, 1.54) is 17.0 Å². The minimum absolute atomic E-state index is 0.155. The number of nitrogens with zero attached hydrogens (tertiary/aromatic N) is 1. The number of benzene rings is 2. The number of rotatable bonds is 5. The van der Waals surface area contributed by atoms with Crippen LogP contribution in [0.3, 0.4) is 0 Å². The van der Waals surface area contributed by atoms with Gasteiger partial charge in [0.1, 0.15) is 16.6 Å². The van der Waals surface area contributed by atoms with Crippen molar-refractivity contribution in [1.82, 2.24) is 0 Å². The van der Waals surface area contributed by atoms with E-state index in [0.717, 1.165) is 36.1 Å². The summed E-state index contributed by atoms with van der Waals surface area (Å²) in [5, 5.41) is 3.72. The summed E-state index contributed by atoms with van der Waals surface area (Å²) in [6, 6.07) is 13.5. The summed E-state index contributed by atoms with van der Waals surface area (Å²) in [7, 11) is 1.61. The third-order valence-electron chi connectivity index (χ3n) is 6.25. The average molecular weight is 465 g/mol. The molecule has 1 amide bonds. The smallest absolute Gasteiger partial charge is 0.259 e. The maximum atomic E-state index is 13.4. The molecule has 172 valence electrons. The van der Waals surface area contributed by atoms with Gasteiger partial charge in [-0.15, -0.1) is 11.3 Å². The third-order valence-corrected chi connectivity index (χ3v) is 7.41. The molecule has 0 saturated carbocycles. The van der Waals surface area contributed by atoms with E-state index in [1.54, 1.807) is 36.8 Å². The van der Waals surface area contributed by atoms with Crippen LogP contribution in [0.5, 0.6) is 5.75 Å². The number of anilines is 1. The lowest BCUT2D eigenvalue weighted by molar-refractivity contribution is 0.102. The molecular formula is C27H29FN2O2S. The van der Waals surface area contributed by atoms with Crippen LogP contribution in [0.1, 0.15) is 53.6 Å². The molecule has 0 saturated heterocycles. The first-order chi connectivity index (χ1) is 15.7. The summed E-state index contributed by atoms with van der Waals surface area (Å²) < 4.78 is 18.5.